The van der Waals surface area contributed by atoms with E-state index < -0.39 is 0 Å². The van der Waals surface area contributed by atoms with E-state index in [0.717, 1.165) is 31.7 Å². The van der Waals surface area contributed by atoms with Gasteiger partial charge in [-0.1, -0.05) is 24.3 Å². The first-order valence-electron chi connectivity index (χ1n) is 8.23. The fourth-order valence-electron chi connectivity index (χ4n) is 3.66. The Morgan fingerprint density at radius 2 is 2.22 bits per heavy atom. The van der Waals surface area contributed by atoms with Gasteiger partial charge in [-0.25, -0.2) is 0 Å². The van der Waals surface area contributed by atoms with Crippen molar-refractivity contribution >= 4 is 5.82 Å². The molecular weight excluding hydrogens is 290 g/mol. The summed E-state index contributed by atoms with van der Waals surface area (Å²) in [6.07, 6.45) is 5.58. The number of anilines is 1. The Balaban J connectivity index is 1.62. The van der Waals surface area contributed by atoms with Gasteiger partial charge in [0.25, 0.3) is 0 Å². The number of hydrogen-bond acceptors (Lipinski definition) is 5. The molecule has 2 aromatic rings. The third-order valence-electron chi connectivity index (χ3n) is 4.71. The van der Waals surface area contributed by atoms with Gasteiger partial charge < -0.3 is 14.4 Å². The number of aryl methyl sites for hydroxylation is 1. The van der Waals surface area contributed by atoms with Crippen LogP contribution in [0.3, 0.4) is 0 Å². The highest BCUT2D eigenvalue weighted by atomic mass is 16.5. The standard InChI is InChI=1S/C18H21N3O2/c1-2-22-17-12-19-11-16(20-17)21-9-10-23-18(13-21)8-7-14-5-3-4-6-15(14)18/h3-6,11-12H,2,7-10,13H2,1H3. The fraction of sp³-hybridized carbons (Fsp3) is 0.444. The lowest BCUT2D eigenvalue weighted by atomic mass is 9.93. The highest BCUT2D eigenvalue weighted by Gasteiger charge is 2.43. The molecule has 0 amide bonds. The molecule has 1 aromatic carbocycles. The van der Waals surface area contributed by atoms with E-state index in [1.165, 1.54) is 11.1 Å². The van der Waals surface area contributed by atoms with Crippen molar-refractivity contribution in [3.63, 3.8) is 0 Å². The van der Waals surface area contributed by atoms with Crippen molar-refractivity contribution in [3.05, 3.63) is 47.8 Å². The van der Waals surface area contributed by atoms with E-state index in [4.69, 9.17) is 9.47 Å². The summed E-state index contributed by atoms with van der Waals surface area (Å²) in [6, 6.07) is 8.62. The summed E-state index contributed by atoms with van der Waals surface area (Å²) >= 11 is 0. The summed E-state index contributed by atoms with van der Waals surface area (Å²) in [7, 11) is 0. The molecular formula is C18H21N3O2. The molecule has 1 unspecified atom stereocenters. The minimum atomic E-state index is -0.210. The van der Waals surface area contributed by atoms with Crippen LogP contribution in [0.25, 0.3) is 0 Å². The molecule has 4 rings (SSSR count). The van der Waals surface area contributed by atoms with Crippen molar-refractivity contribution in [2.75, 3.05) is 31.2 Å². The third-order valence-corrected chi connectivity index (χ3v) is 4.71. The van der Waals surface area contributed by atoms with Gasteiger partial charge >= 0.3 is 0 Å². The summed E-state index contributed by atoms with van der Waals surface area (Å²) in [5.41, 5.74) is 2.53. The maximum atomic E-state index is 6.26. The van der Waals surface area contributed by atoms with Crippen molar-refractivity contribution in [2.45, 2.75) is 25.4 Å². The molecule has 5 heteroatoms. The van der Waals surface area contributed by atoms with Gasteiger partial charge in [-0.15, -0.1) is 0 Å². The first-order valence-corrected chi connectivity index (χ1v) is 8.23. The lowest BCUT2D eigenvalue weighted by Crippen LogP contribution is -2.49. The number of nitrogens with zero attached hydrogens (tertiary/aromatic N) is 3. The number of aromatic nitrogens is 2. The minimum Gasteiger partial charge on any atom is -0.477 e. The molecule has 0 bridgehead atoms. The monoisotopic (exact) mass is 311 g/mol. The molecule has 2 heterocycles. The van der Waals surface area contributed by atoms with E-state index in [1.807, 2.05) is 13.1 Å². The van der Waals surface area contributed by atoms with E-state index in [-0.39, 0.29) is 5.60 Å². The average molecular weight is 311 g/mol. The predicted molar refractivity (Wildman–Crippen MR) is 87.8 cm³/mol. The maximum Gasteiger partial charge on any atom is 0.234 e. The predicted octanol–water partition coefficient (Wildman–Crippen LogP) is 2.55. The molecule has 1 saturated heterocycles. The van der Waals surface area contributed by atoms with Crippen LogP contribution in [0.2, 0.25) is 0 Å². The molecule has 1 aliphatic carbocycles. The Morgan fingerprint density at radius 1 is 1.30 bits per heavy atom. The van der Waals surface area contributed by atoms with Crippen LogP contribution >= 0.6 is 0 Å². The third kappa shape index (κ3) is 2.55. The van der Waals surface area contributed by atoms with Gasteiger partial charge in [0, 0.05) is 6.54 Å². The maximum absolute atomic E-state index is 6.26. The molecule has 1 aromatic heterocycles. The van der Waals surface area contributed by atoms with Crippen LogP contribution in [0.1, 0.15) is 24.5 Å². The highest BCUT2D eigenvalue weighted by molar-refractivity contribution is 5.44. The smallest absolute Gasteiger partial charge is 0.234 e. The van der Waals surface area contributed by atoms with Gasteiger partial charge in [0.1, 0.15) is 5.60 Å². The fourth-order valence-corrected chi connectivity index (χ4v) is 3.66. The zero-order chi connectivity index (χ0) is 15.7. The Bertz CT molecular complexity index is 702. The quantitative estimate of drug-likeness (QED) is 0.872. The second kappa shape index (κ2) is 5.81. The van der Waals surface area contributed by atoms with Crippen molar-refractivity contribution in [1.29, 1.82) is 0 Å². The van der Waals surface area contributed by atoms with Crippen LogP contribution in [0.4, 0.5) is 5.82 Å². The zero-order valence-electron chi connectivity index (χ0n) is 13.4. The van der Waals surface area contributed by atoms with E-state index in [2.05, 4.69) is 39.1 Å². The summed E-state index contributed by atoms with van der Waals surface area (Å²) in [5.74, 6) is 1.44. The number of morpholine rings is 1. The second-order valence-electron chi connectivity index (χ2n) is 6.07. The molecule has 0 radical (unpaired) electrons. The number of benzene rings is 1. The minimum absolute atomic E-state index is 0.210. The number of fused-ring (bicyclic) bond motifs is 2. The van der Waals surface area contributed by atoms with Crippen molar-refractivity contribution in [3.8, 4) is 5.88 Å². The summed E-state index contributed by atoms with van der Waals surface area (Å²) in [6.45, 7) is 4.89. The van der Waals surface area contributed by atoms with Crippen LogP contribution in [0.5, 0.6) is 5.88 Å². The highest BCUT2D eigenvalue weighted by Crippen LogP contribution is 2.42. The molecule has 1 aliphatic heterocycles. The first kappa shape index (κ1) is 14.5. The molecule has 0 N–H and O–H groups in total. The van der Waals surface area contributed by atoms with Crippen molar-refractivity contribution in [1.82, 2.24) is 9.97 Å². The molecule has 1 atom stereocenters. The molecule has 23 heavy (non-hydrogen) atoms. The number of rotatable bonds is 3. The molecule has 1 fully saturated rings. The lowest BCUT2D eigenvalue weighted by molar-refractivity contribution is -0.0594. The van der Waals surface area contributed by atoms with Gasteiger partial charge in [-0.3, -0.25) is 4.98 Å². The summed E-state index contributed by atoms with van der Waals surface area (Å²) < 4.78 is 11.7. The van der Waals surface area contributed by atoms with E-state index in [0.29, 0.717) is 19.1 Å². The van der Waals surface area contributed by atoms with Crippen molar-refractivity contribution < 1.29 is 9.47 Å². The van der Waals surface area contributed by atoms with Gasteiger partial charge in [0.05, 0.1) is 32.2 Å². The van der Waals surface area contributed by atoms with E-state index in [1.54, 1.807) is 6.20 Å². The molecule has 1 spiro atoms. The molecule has 0 saturated carbocycles. The number of ether oxygens (including phenoxy) is 2. The van der Waals surface area contributed by atoms with Gasteiger partial charge in [-0.2, -0.15) is 4.98 Å². The Kier molecular flexibility index (Phi) is 3.65. The molecule has 2 aliphatic rings. The van der Waals surface area contributed by atoms with E-state index >= 15 is 0 Å². The first-order chi connectivity index (χ1) is 11.3. The van der Waals surface area contributed by atoms with Gasteiger partial charge in [0.15, 0.2) is 5.82 Å². The summed E-state index contributed by atoms with van der Waals surface area (Å²) in [5, 5.41) is 0. The van der Waals surface area contributed by atoms with Gasteiger partial charge in [-0.05, 0) is 30.9 Å². The van der Waals surface area contributed by atoms with Crippen LogP contribution in [-0.2, 0) is 16.8 Å². The molecule has 120 valence electrons. The SMILES string of the molecule is CCOc1cncc(N2CCOC3(CCc4ccccc43)C2)n1. The van der Waals surface area contributed by atoms with Gasteiger partial charge in [0.2, 0.25) is 5.88 Å². The Hall–Kier alpha value is -2.14. The largest absolute Gasteiger partial charge is 0.477 e. The van der Waals surface area contributed by atoms with Crippen molar-refractivity contribution in [2.24, 2.45) is 0 Å². The van der Waals surface area contributed by atoms with Crippen LogP contribution in [0.15, 0.2) is 36.7 Å². The lowest BCUT2D eigenvalue weighted by Gasteiger charge is -2.41. The van der Waals surface area contributed by atoms with E-state index in [9.17, 15) is 0 Å². The normalized spacial score (nSPS) is 23.1. The van der Waals surface area contributed by atoms with Crippen LogP contribution in [0, 0.1) is 0 Å². The molecule has 5 nitrogen and oxygen atoms in total. The topological polar surface area (TPSA) is 47.5 Å². The Labute approximate surface area is 136 Å². The number of hydrogen-bond donors (Lipinski definition) is 0. The second-order valence-corrected chi connectivity index (χ2v) is 6.07. The Morgan fingerprint density at radius 3 is 3.13 bits per heavy atom. The summed E-state index contributed by atoms with van der Waals surface area (Å²) in [4.78, 5) is 11.1. The van der Waals surface area contributed by atoms with Crippen LogP contribution < -0.4 is 9.64 Å². The van der Waals surface area contributed by atoms with Crippen LogP contribution in [-0.4, -0.2) is 36.3 Å². The zero-order valence-corrected chi connectivity index (χ0v) is 13.4. The average Bonchev–Trinajstić information content (AvgIpc) is 2.94.